The number of amides is 1. The molecular formula is C29H31ClFN5O3. The van der Waals surface area contributed by atoms with Crippen molar-refractivity contribution < 1.29 is 18.7 Å². The molecule has 0 radical (unpaired) electrons. The predicted octanol–water partition coefficient (Wildman–Crippen LogP) is 4.05. The monoisotopic (exact) mass is 551 g/mol. The van der Waals surface area contributed by atoms with Gasteiger partial charge in [0.25, 0.3) is 0 Å². The maximum Gasteiger partial charge on any atom is 0.318 e. The molecule has 0 spiro atoms. The van der Waals surface area contributed by atoms with Crippen molar-refractivity contribution in [1.29, 1.82) is 0 Å². The van der Waals surface area contributed by atoms with Crippen LogP contribution < -0.4 is 14.5 Å². The lowest BCUT2D eigenvalue weighted by Crippen LogP contribution is -2.49. The highest BCUT2D eigenvalue weighted by atomic mass is 35.5. The number of piperazine rings is 1. The topological polar surface area (TPSA) is 71.0 Å². The molecule has 8 nitrogen and oxygen atoms in total. The van der Waals surface area contributed by atoms with Crippen molar-refractivity contribution in [1.82, 2.24) is 14.9 Å². The zero-order chi connectivity index (χ0) is 26.8. The molecule has 2 saturated heterocycles. The second kappa shape index (κ2) is 11.4. The summed E-state index contributed by atoms with van der Waals surface area (Å²) in [6.07, 6.45) is 3.34. The fourth-order valence-electron chi connectivity index (χ4n) is 5.42. The first-order valence-electron chi connectivity index (χ1n) is 13.4. The number of benzene rings is 2. The number of aromatic nitrogens is 2. The lowest BCUT2D eigenvalue weighted by atomic mass is 10.0. The van der Waals surface area contributed by atoms with Gasteiger partial charge in [-0.15, -0.1) is 0 Å². The molecule has 3 aromatic rings. The Balaban J connectivity index is 1.28. The van der Waals surface area contributed by atoms with Crippen LogP contribution in [0.25, 0.3) is 10.8 Å². The molecule has 0 unspecified atom stereocenters. The second-order valence-corrected chi connectivity index (χ2v) is 10.5. The van der Waals surface area contributed by atoms with Gasteiger partial charge in [0.2, 0.25) is 5.91 Å². The number of halogens is 2. The van der Waals surface area contributed by atoms with Crippen LogP contribution in [0.5, 0.6) is 6.01 Å². The van der Waals surface area contributed by atoms with E-state index in [1.807, 2.05) is 12.1 Å². The Labute approximate surface area is 232 Å². The third kappa shape index (κ3) is 5.38. The maximum atomic E-state index is 12.5. The van der Waals surface area contributed by atoms with Crippen LogP contribution in [0.2, 0.25) is 5.02 Å². The number of fused-ring (bicyclic) bond motifs is 2. The Kier molecular flexibility index (Phi) is 7.52. The van der Waals surface area contributed by atoms with Crippen LogP contribution in [0, 0.1) is 5.92 Å². The van der Waals surface area contributed by atoms with Crippen molar-refractivity contribution in [3.8, 4) is 6.01 Å². The number of carbonyl (C=O) groups excluding carboxylic acids is 1. The molecule has 0 aliphatic carbocycles. The van der Waals surface area contributed by atoms with E-state index >= 15 is 0 Å². The Hall–Kier alpha value is -3.43. The molecule has 6 rings (SSSR count). The first kappa shape index (κ1) is 25.8. The Morgan fingerprint density at radius 2 is 1.87 bits per heavy atom. The fourth-order valence-corrected chi connectivity index (χ4v) is 5.70. The van der Waals surface area contributed by atoms with Crippen molar-refractivity contribution in [3.05, 3.63) is 64.8 Å². The van der Waals surface area contributed by atoms with Crippen LogP contribution in [-0.2, 0) is 22.5 Å². The molecule has 10 heteroatoms. The van der Waals surface area contributed by atoms with E-state index in [0.29, 0.717) is 64.5 Å². The summed E-state index contributed by atoms with van der Waals surface area (Å²) in [6.45, 7) is 5.05. The minimum atomic E-state index is -0.642. The highest BCUT2D eigenvalue weighted by molar-refractivity contribution is 6.36. The summed E-state index contributed by atoms with van der Waals surface area (Å²) in [4.78, 5) is 28.4. The smallest absolute Gasteiger partial charge is 0.318 e. The first-order valence-corrected chi connectivity index (χ1v) is 13.8. The number of nitrogens with zero attached hydrogens (tertiary/aromatic N) is 5. The number of hydrogen-bond donors (Lipinski definition) is 0. The van der Waals surface area contributed by atoms with E-state index in [-0.39, 0.29) is 5.91 Å². The van der Waals surface area contributed by atoms with Gasteiger partial charge in [0.15, 0.2) is 0 Å². The quantitative estimate of drug-likeness (QED) is 0.410. The van der Waals surface area contributed by atoms with Crippen LogP contribution >= 0.6 is 11.6 Å². The number of rotatable bonds is 7. The van der Waals surface area contributed by atoms with E-state index in [2.05, 4.69) is 34.1 Å². The van der Waals surface area contributed by atoms with Crippen LogP contribution in [0.4, 0.5) is 15.9 Å². The van der Waals surface area contributed by atoms with E-state index in [0.717, 1.165) is 51.5 Å². The average molecular weight is 552 g/mol. The molecule has 204 valence electrons. The molecule has 4 heterocycles. The molecule has 2 fully saturated rings. The summed E-state index contributed by atoms with van der Waals surface area (Å²) in [7, 11) is 0. The number of carbonyl (C=O) groups is 1. The van der Waals surface area contributed by atoms with Crippen LogP contribution in [0.3, 0.4) is 0 Å². The van der Waals surface area contributed by atoms with E-state index in [4.69, 9.17) is 31.0 Å². The minimum absolute atomic E-state index is 0.159. The van der Waals surface area contributed by atoms with Gasteiger partial charge in [0.05, 0.1) is 37.1 Å². The van der Waals surface area contributed by atoms with Crippen LogP contribution in [-0.4, -0.2) is 80.0 Å². The molecule has 0 N–H and O–H groups in total. The molecular weight excluding hydrogens is 521 g/mol. The molecule has 1 amide bonds. The number of allylic oxidation sites excluding steroid dienone is 1. The van der Waals surface area contributed by atoms with Crippen molar-refractivity contribution in [2.45, 2.75) is 13.0 Å². The molecule has 0 saturated carbocycles. The van der Waals surface area contributed by atoms with E-state index in [1.54, 1.807) is 4.90 Å². The van der Waals surface area contributed by atoms with Gasteiger partial charge in [-0.05, 0) is 30.0 Å². The van der Waals surface area contributed by atoms with Crippen LogP contribution in [0.15, 0.2) is 48.6 Å². The number of alkyl halides is 1. The SMILES string of the molecule is O=C(/C=C/CF)N1CCN(c2nc(OCC3COC3)nc3c2CCN(c2cccc4cccc(Cl)c24)C3)CC1. The third-order valence-electron chi connectivity index (χ3n) is 7.59. The van der Waals surface area contributed by atoms with Gasteiger partial charge in [0, 0.05) is 61.4 Å². The molecule has 0 bridgehead atoms. The highest BCUT2D eigenvalue weighted by Crippen LogP contribution is 2.37. The molecule has 39 heavy (non-hydrogen) atoms. The van der Waals surface area contributed by atoms with Crippen molar-refractivity contribution in [3.63, 3.8) is 0 Å². The second-order valence-electron chi connectivity index (χ2n) is 10.1. The van der Waals surface area contributed by atoms with Gasteiger partial charge < -0.3 is 24.2 Å². The summed E-state index contributed by atoms with van der Waals surface area (Å²) in [5.74, 6) is 1.07. The Morgan fingerprint density at radius 3 is 2.62 bits per heavy atom. The average Bonchev–Trinajstić information content (AvgIpc) is 2.94. The van der Waals surface area contributed by atoms with E-state index in [1.165, 1.54) is 12.2 Å². The number of ether oxygens (including phenoxy) is 2. The summed E-state index contributed by atoms with van der Waals surface area (Å²) in [6, 6.07) is 12.6. The van der Waals surface area contributed by atoms with Gasteiger partial charge in [-0.2, -0.15) is 9.97 Å². The molecule has 1 aromatic heterocycles. The van der Waals surface area contributed by atoms with Crippen molar-refractivity contribution >= 4 is 39.8 Å². The first-order chi connectivity index (χ1) is 19.1. The van der Waals surface area contributed by atoms with E-state index in [9.17, 15) is 9.18 Å². The normalized spacial score (nSPS) is 17.9. The predicted molar refractivity (Wildman–Crippen MR) is 149 cm³/mol. The van der Waals surface area contributed by atoms with Crippen molar-refractivity contribution in [2.24, 2.45) is 5.92 Å². The summed E-state index contributed by atoms with van der Waals surface area (Å²) >= 11 is 6.65. The summed E-state index contributed by atoms with van der Waals surface area (Å²) in [5, 5.41) is 2.89. The fraction of sp³-hybridized carbons (Fsp3) is 0.414. The van der Waals surface area contributed by atoms with Gasteiger partial charge in [-0.25, -0.2) is 4.39 Å². The lowest BCUT2D eigenvalue weighted by Gasteiger charge is -2.38. The van der Waals surface area contributed by atoms with Crippen LogP contribution in [0.1, 0.15) is 11.3 Å². The van der Waals surface area contributed by atoms with Gasteiger partial charge >= 0.3 is 6.01 Å². The lowest BCUT2D eigenvalue weighted by molar-refractivity contribution is -0.126. The van der Waals surface area contributed by atoms with Crippen molar-refractivity contribution in [2.75, 3.05) is 69.0 Å². The molecule has 0 atom stereocenters. The van der Waals surface area contributed by atoms with Gasteiger partial charge in [-0.3, -0.25) is 4.79 Å². The highest BCUT2D eigenvalue weighted by Gasteiger charge is 2.29. The third-order valence-corrected chi connectivity index (χ3v) is 7.91. The summed E-state index contributed by atoms with van der Waals surface area (Å²) in [5.41, 5.74) is 3.15. The number of hydrogen-bond acceptors (Lipinski definition) is 7. The largest absolute Gasteiger partial charge is 0.463 e. The van der Waals surface area contributed by atoms with Gasteiger partial charge in [0.1, 0.15) is 12.5 Å². The zero-order valence-electron chi connectivity index (χ0n) is 21.7. The standard InChI is InChI=1S/C29H31ClFN5O3/c30-23-6-1-4-21-5-2-7-25(27(21)23)36-11-9-22-24(16-36)32-29(39-19-20-17-38-18-20)33-28(22)35-14-12-34(13-15-35)26(37)8-3-10-31/h1-8,20H,9-19H2/b8-3+. The van der Waals surface area contributed by atoms with Gasteiger partial charge in [-0.1, -0.05) is 35.9 Å². The Bertz CT molecular complexity index is 1390. The molecule has 3 aliphatic heterocycles. The molecule has 3 aliphatic rings. The maximum absolute atomic E-state index is 12.5. The minimum Gasteiger partial charge on any atom is -0.463 e. The number of anilines is 2. The zero-order valence-corrected chi connectivity index (χ0v) is 22.4. The Morgan fingerprint density at radius 1 is 1.08 bits per heavy atom. The summed E-state index contributed by atoms with van der Waals surface area (Å²) < 4.78 is 23.8. The van der Waals surface area contributed by atoms with E-state index < -0.39 is 6.67 Å². The molecule has 2 aromatic carbocycles.